The summed E-state index contributed by atoms with van der Waals surface area (Å²) in [5.74, 6) is -0.238. The van der Waals surface area contributed by atoms with Gasteiger partial charge in [-0.15, -0.1) is 0 Å². The summed E-state index contributed by atoms with van der Waals surface area (Å²) in [5.41, 5.74) is 2.05. The molecule has 1 aromatic heterocycles. The molecule has 0 aliphatic rings. The lowest BCUT2D eigenvalue weighted by atomic mass is 10.1. The van der Waals surface area contributed by atoms with E-state index >= 15 is 0 Å². The number of carbonyl (C=O) groups excluding carboxylic acids is 1. The first kappa shape index (κ1) is 13.3. The van der Waals surface area contributed by atoms with Crippen molar-refractivity contribution < 1.29 is 9.90 Å². The molecule has 0 spiro atoms. The molecule has 1 amide bonds. The molecule has 1 aromatic carbocycles. The predicted molar refractivity (Wildman–Crippen MR) is 71.7 cm³/mol. The van der Waals surface area contributed by atoms with Gasteiger partial charge in [0.25, 0.3) is 5.91 Å². The Morgan fingerprint density at radius 2 is 2.11 bits per heavy atom. The molecule has 2 aromatic rings. The van der Waals surface area contributed by atoms with E-state index in [1.54, 1.807) is 13.1 Å². The zero-order chi connectivity index (χ0) is 13.8. The van der Waals surface area contributed by atoms with E-state index in [2.05, 4.69) is 10.4 Å². The van der Waals surface area contributed by atoms with Crippen LogP contribution in [0.25, 0.3) is 0 Å². The average Bonchev–Trinajstić information content (AvgIpc) is 2.75. The maximum absolute atomic E-state index is 11.9. The number of carbonyl (C=O) groups is 1. The van der Waals surface area contributed by atoms with Crippen LogP contribution in [0.3, 0.4) is 0 Å². The monoisotopic (exact) mass is 259 g/mol. The quantitative estimate of drug-likeness (QED) is 0.866. The number of aliphatic hydroxyl groups excluding tert-OH is 1. The molecular weight excluding hydrogens is 242 g/mol. The highest BCUT2D eigenvalue weighted by atomic mass is 16.3. The van der Waals surface area contributed by atoms with Crippen LogP contribution in [0.1, 0.15) is 27.8 Å². The molecule has 0 fully saturated rings. The van der Waals surface area contributed by atoms with Crippen molar-refractivity contribution in [1.29, 1.82) is 0 Å². The van der Waals surface area contributed by atoms with Gasteiger partial charge in [-0.1, -0.05) is 30.3 Å². The smallest absolute Gasteiger partial charge is 0.269 e. The number of nitrogens with one attached hydrogen (secondary N) is 1. The van der Waals surface area contributed by atoms with Crippen molar-refractivity contribution in [2.24, 2.45) is 7.05 Å². The minimum absolute atomic E-state index is 0.174. The predicted octanol–water partition coefficient (Wildman–Crippen LogP) is 1.19. The molecule has 1 heterocycles. The van der Waals surface area contributed by atoms with Crippen LogP contribution in [0.4, 0.5) is 0 Å². The molecule has 0 bridgehead atoms. The Hall–Kier alpha value is -2.14. The maximum atomic E-state index is 11.9. The molecule has 2 rings (SSSR count). The Balaban J connectivity index is 1.96. The highest BCUT2D eigenvalue weighted by molar-refractivity contribution is 5.92. The maximum Gasteiger partial charge on any atom is 0.269 e. The molecule has 5 nitrogen and oxygen atoms in total. The molecule has 1 atom stereocenters. The van der Waals surface area contributed by atoms with Crippen LogP contribution < -0.4 is 5.32 Å². The standard InChI is InChI=1S/C14H17N3O2/c1-10-8-12(17(2)16-10)14(19)15-9-13(18)11-6-4-3-5-7-11/h3-8,13,18H,9H2,1-2H3,(H,15,19). The molecule has 0 radical (unpaired) electrons. The normalized spacial score (nSPS) is 12.2. The first-order chi connectivity index (χ1) is 9.08. The summed E-state index contributed by atoms with van der Waals surface area (Å²) in [4.78, 5) is 11.9. The summed E-state index contributed by atoms with van der Waals surface area (Å²) >= 11 is 0. The summed E-state index contributed by atoms with van der Waals surface area (Å²) in [5, 5.41) is 16.8. The van der Waals surface area contributed by atoms with E-state index in [-0.39, 0.29) is 12.5 Å². The molecule has 1 unspecified atom stereocenters. The van der Waals surface area contributed by atoms with Crippen molar-refractivity contribution in [2.75, 3.05) is 6.54 Å². The van der Waals surface area contributed by atoms with Crippen LogP contribution >= 0.6 is 0 Å². The van der Waals surface area contributed by atoms with E-state index in [1.807, 2.05) is 37.3 Å². The van der Waals surface area contributed by atoms with E-state index in [4.69, 9.17) is 0 Å². The minimum atomic E-state index is -0.709. The summed E-state index contributed by atoms with van der Waals surface area (Å²) in [6.07, 6.45) is -0.709. The topological polar surface area (TPSA) is 67.2 Å². The first-order valence-corrected chi connectivity index (χ1v) is 6.10. The first-order valence-electron chi connectivity index (χ1n) is 6.10. The van der Waals surface area contributed by atoms with Crippen molar-refractivity contribution in [2.45, 2.75) is 13.0 Å². The Kier molecular flexibility index (Phi) is 3.97. The van der Waals surface area contributed by atoms with E-state index in [9.17, 15) is 9.90 Å². The van der Waals surface area contributed by atoms with E-state index in [0.29, 0.717) is 5.69 Å². The van der Waals surface area contributed by atoms with Crippen molar-refractivity contribution in [1.82, 2.24) is 15.1 Å². The van der Waals surface area contributed by atoms with Crippen molar-refractivity contribution in [3.63, 3.8) is 0 Å². The number of nitrogens with zero attached hydrogens (tertiary/aromatic N) is 2. The number of aromatic nitrogens is 2. The van der Waals surface area contributed by atoms with Crippen LogP contribution in [-0.4, -0.2) is 27.3 Å². The van der Waals surface area contributed by atoms with Crippen molar-refractivity contribution in [3.05, 3.63) is 53.3 Å². The number of amides is 1. The molecule has 5 heteroatoms. The third-order valence-electron chi connectivity index (χ3n) is 2.87. The Morgan fingerprint density at radius 3 is 2.68 bits per heavy atom. The van der Waals surface area contributed by atoms with Gasteiger partial charge in [0.1, 0.15) is 5.69 Å². The molecule has 0 aliphatic carbocycles. The highest BCUT2D eigenvalue weighted by Crippen LogP contribution is 2.11. The van der Waals surface area contributed by atoms with Gasteiger partial charge in [-0.3, -0.25) is 9.48 Å². The number of aryl methyl sites for hydroxylation is 2. The molecular formula is C14H17N3O2. The lowest BCUT2D eigenvalue weighted by Gasteiger charge is -2.12. The summed E-state index contributed by atoms with van der Waals surface area (Å²) < 4.78 is 1.53. The largest absolute Gasteiger partial charge is 0.387 e. The molecule has 2 N–H and O–H groups in total. The SMILES string of the molecule is Cc1cc(C(=O)NCC(O)c2ccccc2)n(C)n1. The Morgan fingerprint density at radius 1 is 1.42 bits per heavy atom. The molecule has 0 aliphatic heterocycles. The van der Waals surface area contributed by atoms with Gasteiger partial charge in [-0.05, 0) is 18.6 Å². The Bertz CT molecular complexity index is 563. The lowest BCUT2D eigenvalue weighted by molar-refractivity contribution is 0.0907. The second-order valence-electron chi connectivity index (χ2n) is 4.43. The van der Waals surface area contributed by atoms with Crippen LogP contribution in [0.15, 0.2) is 36.4 Å². The van der Waals surface area contributed by atoms with Crippen molar-refractivity contribution in [3.8, 4) is 0 Å². The fraction of sp³-hybridized carbons (Fsp3) is 0.286. The third kappa shape index (κ3) is 3.20. The van der Waals surface area contributed by atoms with Gasteiger partial charge in [0.15, 0.2) is 0 Å². The van der Waals surface area contributed by atoms with Gasteiger partial charge in [0.2, 0.25) is 0 Å². The molecule has 0 saturated carbocycles. The third-order valence-corrected chi connectivity index (χ3v) is 2.87. The van der Waals surface area contributed by atoms with Crippen LogP contribution in [0.2, 0.25) is 0 Å². The lowest BCUT2D eigenvalue weighted by Crippen LogP contribution is -2.29. The van der Waals surface area contributed by atoms with Crippen molar-refractivity contribution >= 4 is 5.91 Å². The molecule has 0 saturated heterocycles. The number of hydrogen-bond donors (Lipinski definition) is 2. The van der Waals surface area contributed by atoms with Gasteiger partial charge < -0.3 is 10.4 Å². The van der Waals surface area contributed by atoms with Gasteiger partial charge in [-0.25, -0.2) is 0 Å². The average molecular weight is 259 g/mol. The van der Waals surface area contributed by atoms with Crippen LogP contribution in [-0.2, 0) is 7.05 Å². The minimum Gasteiger partial charge on any atom is -0.387 e. The van der Waals surface area contributed by atoms with Gasteiger partial charge >= 0.3 is 0 Å². The Labute approximate surface area is 111 Å². The van der Waals surface area contributed by atoms with Crippen LogP contribution in [0, 0.1) is 6.92 Å². The fourth-order valence-corrected chi connectivity index (χ4v) is 1.90. The van der Waals surface area contributed by atoms with E-state index in [1.165, 1.54) is 4.68 Å². The summed E-state index contributed by atoms with van der Waals surface area (Å²) in [7, 11) is 1.72. The summed E-state index contributed by atoms with van der Waals surface area (Å²) in [6, 6.07) is 10.9. The fourth-order valence-electron chi connectivity index (χ4n) is 1.90. The number of aliphatic hydroxyl groups is 1. The number of hydrogen-bond acceptors (Lipinski definition) is 3. The van der Waals surface area contributed by atoms with E-state index < -0.39 is 6.10 Å². The second kappa shape index (κ2) is 5.67. The highest BCUT2D eigenvalue weighted by Gasteiger charge is 2.13. The molecule has 100 valence electrons. The number of rotatable bonds is 4. The second-order valence-corrected chi connectivity index (χ2v) is 4.43. The zero-order valence-corrected chi connectivity index (χ0v) is 11.0. The van der Waals surface area contributed by atoms with Gasteiger partial charge in [0.05, 0.1) is 11.8 Å². The van der Waals surface area contributed by atoms with E-state index in [0.717, 1.165) is 11.3 Å². The summed E-state index contributed by atoms with van der Waals surface area (Å²) in [6.45, 7) is 2.00. The number of benzene rings is 1. The zero-order valence-electron chi connectivity index (χ0n) is 11.0. The van der Waals surface area contributed by atoms with Gasteiger partial charge in [-0.2, -0.15) is 5.10 Å². The molecule has 19 heavy (non-hydrogen) atoms. The van der Waals surface area contributed by atoms with Crippen LogP contribution in [0.5, 0.6) is 0 Å². The van der Waals surface area contributed by atoms with Gasteiger partial charge in [0, 0.05) is 13.6 Å².